The minimum absolute atomic E-state index is 0.0216. The van der Waals surface area contributed by atoms with Crippen molar-refractivity contribution in [3.63, 3.8) is 0 Å². The van der Waals surface area contributed by atoms with E-state index in [9.17, 15) is 24.6 Å². The maximum atomic E-state index is 14.4. The van der Waals surface area contributed by atoms with Crippen molar-refractivity contribution in [3.8, 4) is 45.5 Å². The molecule has 3 aromatic carbocycles. The highest BCUT2D eigenvalue weighted by Gasteiger charge is 2.61. The number of carbonyl (C=O) groups is 3. The Morgan fingerprint density at radius 3 is 2.62 bits per heavy atom. The van der Waals surface area contributed by atoms with Crippen LogP contribution < -0.4 is 15.4 Å². The Bertz CT molecular complexity index is 2740. The number of nitrogens with one attached hydrogen (secondary N) is 3. The zero-order valence-corrected chi connectivity index (χ0v) is 32.5. The monoisotopic (exact) mass is 783 g/mol. The molecule has 0 saturated heterocycles. The number of phenolic OH excluding ortho intramolecular Hbond substituents is 1. The van der Waals surface area contributed by atoms with Crippen molar-refractivity contribution in [3.05, 3.63) is 94.3 Å². The van der Waals surface area contributed by atoms with Crippen LogP contribution in [0, 0.1) is 5.92 Å². The molecule has 58 heavy (non-hydrogen) atoms. The van der Waals surface area contributed by atoms with Gasteiger partial charge in [0.1, 0.15) is 40.7 Å². The summed E-state index contributed by atoms with van der Waals surface area (Å²) in [5.41, 5.74) is 2.97. The summed E-state index contributed by atoms with van der Waals surface area (Å²) in [6.07, 6.45) is 1.98. The van der Waals surface area contributed by atoms with Gasteiger partial charge in [0.15, 0.2) is 22.9 Å². The van der Waals surface area contributed by atoms with Gasteiger partial charge in [-0.15, -0.1) is 0 Å². The van der Waals surface area contributed by atoms with Gasteiger partial charge in [0.2, 0.25) is 17.7 Å². The molecule has 2 unspecified atom stereocenters. The third-order valence-corrected chi connectivity index (χ3v) is 12.6. The number of hydrogen-bond donors (Lipinski definition) is 5. The van der Waals surface area contributed by atoms with Gasteiger partial charge in [-0.3, -0.25) is 9.59 Å². The predicted molar refractivity (Wildman–Crippen MR) is 209 cm³/mol. The molecular formula is C44H41N5O9. The minimum Gasteiger partial charge on any atom is -0.507 e. The fraction of sp³-hybridized carbons (Fsp3) is 0.341. The summed E-state index contributed by atoms with van der Waals surface area (Å²) in [7, 11) is 1.26. The van der Waals surface area contributed by atoms with E-state index in [0.29, 0.717) is 40.0 Å². The number of phenols is 1. The van der Waals surface area contributed by atoms with Crippen LogP contribution in [0.3, 0.4) is 0 Å². The summed E-state index contributed by atoms with van der Waals surface area (Å²) in [6.45, 7) is 7.28. The van der Waals surface area contributed by atoms with E-state index in [-0.39, 0.29) is 59.9 Å². The van der Waals surface area contributed by atoms with Gasteiger partial charge in [-0.05, 0) is 59.2 Å². The van der Waals surface area contributed by atoms with Gasteiger partial charge in [0, 0.05) is 46.6 Å². The number of aromatic nitrogens is 3. The lowest BCUT2D eigenvalue weighted by molar-refractivity contribution is -0.143. The van der Waals surface area contributed by atoms with Crippen LogP contribution in [0.4, 0.5) is 0 Å². The molecule has 3 aliphatic heterocycles. The summed E-state index contributed by atoms with van der Waals surface area (Å²) >= 11 is 0. The molecule has 1 spiro atoms. The highest BCUT2D eigenvalue weighted by molar-refractivity contribution is 6.10. The second kappa shape index (κ2) is 12.5. The number of aromatic hydroxyl groups is 1. The van der Waals surface area contributed by atoms with Gasteiger partial charge in [0.05, 0.1) is 7.11 Å². The van der Waals surface area contributed by atoms with Crippen LogP contribution in [-0.4, -0.2) is 67.8 Å². The smallest absolute Gasteiger partial charge is 0.360 e. The molecule has 4 aliphatic rings. The molecule has 296 valence electrons. The highest BCUT2D eigenvalue weighted by Crippen LogP contribution is 2.61. The van der Waals surface area contributed by atoms with Gasteiger partial charge in [0.25, 0.3) is 5.91 Å². The standard InChI is InChI=1S/C44H41N5O9/c1-6-43(54,7-2)42(53)46-27-16-20-11-14-29-25(15-20)44-24-10-8-9-21(22(24)17-30(44)56-29)32-28(50)13-12-26-31(32)23(18-45-26)36-34(41(52)55-5)48-40(57-36)35-37(44)58-39(49-35)33(19(3)4)47-38(27)51/h8-15,18-19,27,30,33,45,50,54H,6-7,16-17H2,1-5H3,(H,46,53)(H,47,51)/t27-,30?,33-,44?/m0/s1. The summed E-state index contributed by atoms with van der Waals surface area (Å²) in [4.78, 5) is 54.7. The number of esters is 1. The Morgan fingerprint density at radius 2 is 1.86 bits per heavy atom. The lowest BCUT2D eigenvalue weighted by Gasteiger charge is -2.30. The summed E-state index contributed by atoms with van der Waals surface area (Å²) in [5, 5.41) is 29.5. The Morgan fingerprint density at radius 1 is 1.05 bits per heavy atom. The van der Waals surface area contributed by atoms with E-state index in [1.165, 1.54) is 7.11 Å². The number of oxazole rings is 2. The minimum atomic E-state index is -1.66. The van der Waals surface area contributed by atoms with Gasteiger partial charge in [-0.25, -0.2) is 9.78 Å². The van der Waals surface area contributed by atoms with Gasteiger partial charge in [-0.1, -0.05) is 58.0 Å². The molecule has 0 saturated carbocycles. The second-order valence-corrected chi connectivity index (χ2v) is 16.0. The van der Waals surface area contributed by atoms with Crippen LogP contribution in [0.1, 0.15) is 91.0 Å². The topological polar surface area (TPSA) is 202 Å². The first-order valence-electron chi connectivity index (χ1n) is 19.6. The first-order chi connectivity index (χ1) is 27.9. The summed E-state index contributed by atoms with van der Waals surface area (Å²) in [5.74, 6) is -0.940. The lowest BCUT2D eigenvalue weighted by atomic mass is 9.71. The van der Waals surface area contributed by atoms with Crippen LogP contribution >= 0.6 is 0 Å². The Kier molecular flexibility index (Phi) is 7.78. The zero-order chi connectivity index (χ0) is 40.4. The number of aliphatic hydroxyl groups is 1. The largest absolute Gasteiger partial charge is 0.507 e. The quantitative estimate of drug-likeness (QED) is 0.124. The van der Waals surface area contributed by atoms with Gasteiger partial charge < -0.3 is 44.1 Å². The van der Waals surface area contributed by atoms with Crippen LogP contribution in [-0.2, 0) is 32.6 Å². The summed E-state index contributed by atoms with van der Waals surface area (Å²) < 4.78 is 25.8. The van der Waals surface area contributed by atoms with Crippen molar-refractivity contribution < 1.29 is 42.9 Å². The molecule has 6 heterocycles. The average Bonchev–Trinajstić information content (AvgIpc) is 4.04. The number of hydrogen-bond acceptors (Lipinski definition) is 11. The molecule has 6 aromatic rings. The number of methoxy groups -OCH3 is 1. The first kappa shape index (κ1) is 36.0. The molecule has 0 radical (unpaired) electrons. The predicted octanol–water partition coefficient (Wildman–Crippen LogP) is 6.01. The molecule has 1 aliphatic carbocycles. The van der Waals surface area contributed by atoms with Crippen molar-refractivity contribution >= 4 is 28.7 Å². The van der Waals surface area contributed by atoms with Crippen molar-refractivity contribution in [2.75, 3.05) is 7.11 Å². The van der Waals surface area contributed by atoms with Crippen molar-refractivity contribution in [2.45, 2.75) is 82.6 Å². The molecule has 3 aromatic heterocycles. The number of nitrogens with zero attached hydrogens (tertiary/aromatic N) is 2. The Labute approximate surface area is 332 Å². The maximum absolute atomic E-state index is 14.4. The molecule has 5 N–H and O–H groups in total. The second-order valence-electron chi connectivity index (χ2n) is 16.0. The third kappa shape index (κ3) is 4.77. The van der Waals surface area contributed by atoms with E-state index in [1.807, 2.05) is 50.2 Å². The molecule has 2 amide bonds. The number of rotatable bonds is 6. The number of ether oxygens (including phenoxy) is 2. The van der Waals surface area contributed by atoms with E-state index >= 15 is 0 Å². The highest BCUT2D eigenvalue weighted by atomic mass is 16.5. The van der Waals surface area contributed by atoms with E-state index in [2.05, 4.69) is 15.6 Å². The molecule has 10 bridgehead atoms. The number of aromatic amines is 1. The first-order valence-corrected chi connectivity index (χ1v) is 19.6. The van der Waals surface area contributed by atoms with Crippen molar-refractivity contribution in [1.29, 1.82) is 0 Å². The van der Waals surface area contributed by atoms with E-state index in [4.69, 9.17) is 28.3 Å². The number of H-pyrrole nitrogens is 1. The molecule has 10 rings (SSSR count). The number of amides is 2. The van der Waals surface area contributed by atoms with E-state index in [1.54, 1.807) is 32.2 Å². The fourth-order valence-electron chi connectivity index (χ4n) is 9.49. The molecule has 14 heteroatoms. The third-order valence-electron chi connectivity index (χ3n) is 12.6. The maximum Gasteiger partial charge on any atom is 0.360 e. The Balaban J connectivity index is 1.31. The average molecular weight is 784 g/mol. The van der Waals surface area contributed by atoms with Crippen LogP contribution in [0.5, 0.6) is 11.5 Å². The number of fused-ring (bicyclic) bond motifs is 7. The van der Waals surface area contributed by atoms with Crippen molar-refractivity contribution in [2.24, 2.45) is 5.92 Å². The van der Waals surface area contributed by atoms with E-state index < -0.39 is 47.0 Å². The SMILES string of the molecule is CCC(O)(CC)C(=O)N[C@H]1Cc2ccc3c(c2)C24c5cccc(c5CC2O3)-c2c(O)ccc3[nH]cc(c23)-c2oc(nc2C(=O)OC)-c2nc(oc24)[C@H](C(C)C)NC1=O. The zero-order valence-electron chi connectivity index (χ0n) is 32.5. The van der Waals surface area contributed by atoms with Gasteiger partial charge in [-0.2, -0.15) is 4.98 Å². The summed E-state index contributed by atoms with van der Waals surface area (Å²) in [6, 6.07) is 13.2. The normalized spacial score (nSPS) is 21.2. The van der Waals surface area contributed by atoms with Crippen molar-refractivity contribution in [1.82, 2.24) is 25.6 Å². The molecule has 4 atom stereocenters. The van der Waals surface area contributed by atoms with E-state index in [0.717, 1.165) is 27.8 Å². The van der Waals surface area contributed by atoms with Gasteiger partial charge >= 0.3 is 5.97 Å². The number of benzene rings is 3. The van der Waals surface area contributed by atoms with Crippen LogP contribution in [0.2, 0.25) is 0 Å². The van der Waals surface area contributed by atoms with Crippen LogP contribution in [0.25, 0.3) is 44.9 Å². The van der Waals surface area contributed by atoms with Crippen LogP contribution in [0.15, 0.2) is 63.6 Å². The Hall–Kier alpha value is -6.41. The molecule has 0 fully saturated rings. The lowest BCUT2D eigenvalue weighted by Crippen LogP contribution is -2.55. The molecule has 14 nitrogen and oxygen atoms in total. The molecular weight excluding hydrogens is 743 g/mol. The fourth-order valence-corrected chi connectivity index (χ4v) is 9.49. The number of carbonyl (C=O) groups excluding carboxylic acids is 3.